The first-order valence-electron chi connectivity index (χ1n) is 7.83. The zero-order chi connectivity index (χ0) is 17.1. The second-order valence-corrected chi connectivity index (χ2v) is 5.97. The third kappa shape index (κ3) is 3.00. The molecule has 2 aromatic carbocycles. The summed E-state index contributed by atoms with van der Waals surface area (Å²) < 4.78 is 0. The molecular formula is C21H18N2O. The Morgan fingerprint density at radius 2 is 1.83 bits per heavy atom. The molecule has 2 aromatic rings. The number of nitriles is 1. The van der Waals surface area contributed by atoms with E-state index in [9.17, 15) is 4.79 Å². The van der Waals surface area contributed by atoms with Gasteiger partial charge in [0.25, 0.3) is 5.91 Å². The standard InChI is InChI=1S/C21H18N2O/c1-15-13-23(14-18-6-4-3-5-7-18)21(24)20(15)16(2)19-10-8-17(12-22)9-11-19/h3-11H,2,13-14H2,1H3. The van der Waals surface area contributed by atoms with Crippen molar-refractivity contribution >= 4 is 11.5 Å². The SMILES string of the molecule is C=C(C1=C(C)CN(Cc2ccccc2)C1=O)c1ccc(C#N)cc1. The zero-order valence-electron chi connectivity index (χ0n) is 13.6. The number of carbonyl (C=O) groups excluding carboxylic acids is 1. The monoisotopic (exact) mass is 314 g/mol. The van der Waals surface area contributed by atoms with Gasteiger partial charge in [-0.05, 0) is 41.3 Å². The van der Waals surface area contributed by atoms with Crippen LogP contribution in [0, 0.1) is 11.3 Å². The van der Waals surface area contributed by atoms with Crippen LogP contribution in [0.15, 0.2) is 72.3 Å². The molecule has 0 saturated carbocycles. The van der Waals surface area contributed by atoms with Crippen LogP contribution in [-0.2, 0) is 11.3 Å². The van der Waals surface area contributed by atoms with Crippen LogP contribution in [0.1, 0.15) is 23.6 Å². The van der Waals surface area contributed by atoms with Crippen molar-refractivity contribution in [3.8, 4) is 6.07 Å². The van der Waals surface area contributed by atoms with E-state index in [1.807, 2.05) is 54.3 Å². The van der Waals surface area contributed by atoms with E-state index >= 15 is 0 Å². The van der Waals surface area contributed by atoms with Gasteiger partial charge in [0.2, 0.25) is 0 Å². The molecule has 0 unspecified atom stereocenters. The minimum absolute atomic E-state index is 0.0192. The van der Waals surface area contributed by atoms with Gasteiger partial charge in [0.15, 0.2) is 0 Å². The van der Waals surface area contributed by atoms with Gasteiger partial charge in [0, 0.05) is 18.7 Å². The first kappa shape index (κ1) is 15.8. The molecule has 1 aliphatic heterocycles. The number of hydrogen-bond acceptors (Lipinski definition) is 2. The lowest BCUT2D eigenvalue weighted by molar-refractivity contribution is -0.125. The Balaban J connectivity index is 1.80. The van der Waals surface area contributed by atoms with Crippen molar-refractivity contribution in [1.29, 1.82) is 5.26 Å². The summed E-state index contributed by atoms with van der Waals surface area (Å²) >= 11 is 0. The van der Waals surface area contributed by atoms with E-state index in [4.69, 9.17) is 5.26 Å². The normalized spacial score (nSPS) is 14.0. The highest BCUT2D eigenvalue weighted by Gasteiger charge is 2.30. The molecule has 0 bridgehead atoms. The first-order chi connectivity index (χ1) is 11.6. The number of amides is 1. The molecular weight excluding hydrogens is 296 g/mol. The molecule has 0 radical (unpaired) electrons. The zero-order valence-corrected chi connectivity index (χ0v) is 13.6. The highest BCUT2D eigenvalue weighted by atomic mass is 16.2. The molecule has 0 spiro atoms. The molecule has 3 rings (SSSR count). The Morgan fingerprint density at radius 3 is 2.46 bits per heavy atom. The van der Waals surface area contributed by atoms with Crippen LogP contribution >= 0.6 is 0 Å². The summed E-state index contributed by atoms with van der Waals surface area (Å²) in [5.74, 6) is 0.0192. The lowest BCUT2D eigenvalue weighted by Crippen LogP contribution is -2.26. The lowest BCUT2D eigenvalue weighted by atomic mass is 9.96. The summed E-state index contributed by atoms with van der Waals surface area (Å²) in [6.45, 7) is 7.32. The van der Waals surface area contributed by atoms with Gasteiger partial charge < -0.3 is 4.90 Å². The molecule has 0 saturated heterocycles. The number of benzene rings is 2. The van der Waals surface area contributed by atoms with E-state index in [0.717, 1.165) is 22.3 Å². The summed E-state index contributed by atoms with van der Waals surface area (Å²) in [5, 5.41) is 8.90. The van der Waals surface area contributed by atoms with E-state index in [0.29, 0.717) is 24.2 Å². The molecule has 3 nitrogen and oxygen atoms in total. The van der Waals surface area contributed by atoms with E-state index in [1.54, 1.807) is 12.1 Å². The highest BCUT2D eigenvalue weighted by Crippen LogP contribution is 2.31. The van der Waals surface area contributed by atoms with Gasteiger partial charge in [0.1, 0.15) is 0 Å². The van der Waals surface area contributed by atoms with Crippen molar-refractivity contribution in [2.45, 2.75) is 13.5 Å². The molecule has 0 aliphatic carbocycles. The van der Waals surface area contributed by atoms with Crippen LogP contribution in [0.5, 0.6) is 0 Å². The van der Waals surface area contributed by atoms with Crippen LogP contribution in [0.3, 0.4) is 0 Å². The number of nitrogens with zero attached hydrogens (tertiary/aromatic N) is 2. The van der Waals surface area contributed by atoms with Crippen LogP contribution in [0.2, 0.25) is 0 Å². The van der Waals surface area contributed by atoms with Gasteiger partial charge in [-0.15, -0.1) is 0 Å². The van der Waals surface area contributed by atoms with Gasteiger partial charge in [-0.25, -0.2) is 0 Å². The van der Waals surface area contributed by atoms with Gasteiger partial charge in [0.05, 0.1) is 11.6 Å². The first-order valence-corrected chi connectivity index (χ1v) is 7.83. The molecule has 0 aromatic heterocycles. The minimum Gasteiger partial charge on any atom is -0.330 e. The molecule has 1 heterocycles. The lowest BCUT2D eigenvalue weighted by Gasteiger charge is -2.17. The molecule has 0 atom stereocenters. The molecule has 3 heteroatoms. The average molecular weight is 314 g/mol. The van der Waals surface area contributed by atoms with E-state index < -0.39 is 0 Å². The molecule has 118 valence electrons. The van der Waals surface area contributed by atoms with Crippen LogP contribution in [0.25, 0.3) is 5.57 Å². The predicted octanol–water partition coefficient (Wildman–Crippen LogP) is 3.93. The summed E-state index contributed by atoms with van der Waals surface area (Å²) in [4.78, 5) is 14.7. The van der Waals surface area contributed by atoms with Crippen molar-refractivity contribution in [1.82, 2.24) is 4.90 Å². The van der Waals surface area contributed by atoms with Crippen LogP contribution < -0.4 is 0 Å². The molecule has 1 amide bonds. The number of carbonyl (C=O) groups is 1. The quantitative estimate of drug-likeness (QED) is 0.858. The Labute approximate surface area is 142 Å². The second-order valence-electron chi connectivity index (χ2n) is 5.97. The van der Waals surface area contributed by atoms with Crippen molar-refractivity contribution < 1.29 is 4.79 Å². The summed E-state index contributed by atoms with van der Waals surface area (Å²) in [6.07, 6.45) is 0. The van der Waals surface area contributed by atoms with Crippen LogP contribution in [-0.4, -0.2) is 17.4 Å². The largest absolute Gasteiger partial charge is 0.330 e. The third-order valence-electron chi connectivity index (χ3n) is 4.24. The van der Waals surface area contributed by atoms with Crippen molar-refractivity contribution in [3.63, 3.8) is 0 Å². The fourth-order valence-corrected chi connectivity index (χ4v) is 2.99. The summed E-state index contributed by atoms with van der Waals surface area (Å²) in [5.41, 5.74) is 5.03. The molecule has 0 N–H and O–H groups in total. The van der Waals surface area contributed by atoms with Gasteiger partial charge in [-0.1, -0.05) is 49.0 Å². The Bertz CT molecular complexity index is 855. The fraction of sp³-hybridized carbons (Fsp3) is 0.143. The minimum atomic E-state index is 0.0192. The van der Waals surface area contributed by atoms with E-state index in [2.05, 4.69) is 12.6 Å². The number of hydrogen-bond donors (Lipinski definition) is 0. The van der Waals surface area contributed by atoms with Gasteiger partial charge >= 0.3 is 0 Å². The van der Waals surface area contributed by atoms with Crippen LogP contribution in [0.4, 0.5) is 0 Å². The van der Waals surface area contributed by atoms with E-state index in [-0.39, 0.29) is 5.91 Å². The summed E-state index contributed by atoms with van der Waals surface area (Å²) in [6, 6.07) is 19.3. The van der Waals surface area contributed by atoms with Crippen molar-refractivity contribution in [2.24, 2.45) is 0 Å². The predicted molar refractivity (Wildman–Crippen MR) is 94.8 cm³/mol. The molecule has 1 aliphatic rings. The average Bonchev–Trinajstić information content (AvgIpc) is 2.89. The third-order valence-corrected chi connectivity index (χ3v) is 4.24. The summed E-state index contributed by atoms with van der Waals surface area (Å²) in [7, 11) is 0. The van der Waals surface area contributed by atoms with Crippen molar-refractivity contribution in [3.05, 3.63) is 89.0 Å². The van der Waals surface area contributed by atoms with Crippen molar-refractivity contribution in [2.75, 3.05) is 6.54 Å². The maximum Gasteiger partial charge on any atom is 0.255 e. The second kappa shape index (κ2) is 6.55. The molecule has 24 heavy (non-hydrogen) atoms. The molecule has 0 fully saturated rings. The Kier molecular flexibility index (Phi) is 4.31. The fourth-order valence-electron chi connectivity index (χ4n) is 2.99. The smallest absolute Gasteiger partial charge is 0.255 e. The Morgan fingerprint density at radius 1 is 1.17 bits per heavy atom. The number of rotatable bonds is 4. The highest BCUT2D eigenvalue weighted by molar-refractivity contribution is 6.11. The topological polar surface area (TPSA) is 44.1 Å². The maximum absolute atomic E-state index is 12.8. The van der Waals surface area contributed by atoms with Gasteiger partial charge in [-0.2, -0.15) is 5.26 Å². The Hall–Kier alpha value is -3.12. The van der Waals surface area contributed by atoms with E-state index in [1.165, 1.54) is 0 Å². The maximum atomic E-state index is 12.8. The van der Waals surface area contributed by atoms with Gasteiger partial charge in [-0.3, -0.25) is 4.79 Å².